The Hall–Kier alpha value is -1.45. The highest BCUT2D eigenvalue weighted by molar-refractivity contribution is 7.18. The number of hydrogen-bond donors (Lipinski definition) is 0. The van der Waals surface area contributed by atoms with Crippen molar-refractivity contribution in [2.75, 3.05) is 44.3 Å². The molecule has 1 aliphatic heterocycles. The van der Waals surface area contributed by atoms with Gasteiger partial charge in [-0.3, -0.25) is 14.5 Å². The van der Waals surface area contributed by atoms with Crippen molar-refractivity contribution in [3.63, 3.8) is 0 Å². The van der Waals surface area contributed by atoms with E-state index in [1.54, 1.807) is 4.90 Å². The average Bonchev–Trinajstić information content (AvgIpc) is 2.72. The molecular weight excluding hydrogens is 369 g/mol. The molecule has 28 heavy (non-hydrogen) atoms. The Morgan fingerprint density at radius 2 is 1.86 bits per heavy atom. The summed E-state index contributed by atoms with van der Waals surface area (Å²) in [6.07, 6.45) is 3.35. The summed E-state index contributed by atoms with van der Waals surface area (Å²) in [4.78, 5) is 30.7. The molecule has 2 atom stereocenters. The lowest BCUT2D eigenvalue weighted by Crippen LogP contribution is -2.49. The van der Waals surface area contributed by atoms with Crippen molar-refractivity contribution in [3.05, 3.63) is 29.3 Å². The topological polar surface area (TPSA) is 43.9 Å². The van der Waals surface area contributed by atoms with Gasteiger partial charge in [0.05, 0.1) is 0 Å². The first-order valence-electron chi connectivity index (χ1n) is 10.5. The quantitative estimate of drug-likeness (QED) is 0.624. The van der Waals surface area contributed by atoms with Gasteiger partial charge in [0, 0.05) is 57.5 Å². The summed E-state index contributed by atoms with van der Waals surface area (Å²) < 4.78 is 0. The maximum Gasteiger partial charge on any atom is 0.230 e. The van der Waals surface area contributed by atoms with Crippen molar-refractivity contribution in [2.24, 2.45) is 5.92 Å². The first kappa shape index (κ1) is 22.8. The molecule has 1 aromatic rings. The van der Waals surface area contributed by atoms with Gasteiger partial charge in [0.1, 0.15) is 0 Å². The van der Waals surface area contributed by atoms with Crippen LogP contribution in [0.1, 0.15) is 44.7 Å². The van der Waals surface area contributed by atoms with Gasteiger partial charge in [-0.05, 0) is 30.0 Å². The van der Waals surface area contributed by atoms with Crippen LogP contribution in [0.15, 0.2) is 18.2 Å². The van der Waals surface area contributed by atoms with Crippen molar-refractivity contribution in [1.29, 1.82) is 0 Å². The lowest BCUT2D eigenvalue weighted by atomic mass is 10.0. The van der Waals surface area contributed by atoms with Crippen LogP contribution >= 0.6 is 9.24 Å². The molecule has 1 aromatic carbocycles. The number of hydrogen-bond acceptors (Lipinski definition) is 3. The van der Waals surface area contributed by atoms with Gasteiger partial charge < -0.3 is 9.80 Å². The Morgan fingerprint density at radius 1 is 1.18 bits per heavy atom. The number of benzene rings is 1. The van der Waals surface area contributed by atoms with E-state index in [2.05, 4.69) is 46.2 Å². The minimum Gasteiger partial charge on any atom is -0.340 e. The van der Waals surface area contributed by atoms with E-state index in [9.17, 15) is 9.59 Å². The van der Waals surface area contributed by atoms with Crippen LogP contribution in [0.3, 0.4) is 0 Å². The molecule has 0 aromatic heterocycles. The predicted molar refractivity (Wildman–Crippen MR) is 120 cm³/mol. The molecule has 1 fully saturated rings. The minimum absolute atomic E-state index is 0.109. The van der Waals surface area contributed by atoms with Gasteiger partial charge in [0.2, 0.25) is 11.8 Å². The molecule has 2 amide bonds. The average molecular weight is 406 g/mol. The molecule has 0 bridgehead atoms. The van der Waals surface area contributed by atoms with E-state index < -0.39 is 0 Å². The van der Waals surface area contributed by atoms with Crippen molar-refractivity contribution in [2.45, 2.75) is 46.6 Å². The van der Waals surface area contributed by atoms with E-state index in [1.165, 1.54) is 11.1 Å². The standard InChI is InChI=1S/C22H36N3O2P/c1-5-7-19-14-18(8-9-20(19)23(4)21(26)16-28)15-24-10-12-25(13-11-24)22(27)17(3)6-2/h8-9,14,17H,5-7,10-13,15-16,28H2,1-4H3. The second-order valence-electron chi connectivity index (χ2n) is 7.78. The van der Waals surface area contributed by atoms with Crippen molar-refractivity contribution >= 4 is 26.7 Å². The molecule has 6 heteroatoms. The second-order valence-corrected chi connectivity index (χ2v) is 8.19. The number of amides is 2. The second kappa shape index (κ2) is 10.9. The fourth-order valence-electron chi connectivity index (χ4n) is 3.68. The highest BCUT2D eigenvalue weighted by Crippen LogP contribution is 2.24. The van der Waals surface area contributed by atoms with Crippen LogP contribution in [0, 0.1) is 5.92 Å². The van der Waals surface area contributed by atoms with Crippen LogP contribution in [0.5, 0.6) is 0 Å². The SMILES string of the molecule is CCCc1cc(CN2CCN(C(=O)C(C)CC)CC2)ccc1N(C)C(=O)CP. The molecule has 1 heterocycles. The molecule has 1 aliphatic rings. The molecule has 0 spiro atoms. The fraction of sp³-hybridized carbons (Fsp3) is 0.636. The van der Waals surface area contributed by atoms with Crippen LogP contribution in [0.2, 0.25) is 0 Å². The van der Waals surface area contributed by atoms with Crippen LogP contribution in [-0.4, -0.2) is 61.0 Å². The fourth-order valence-corrected chi connectivity index (χ4v) is 3.95. The van der Waals surface area contributed by atoms with Crippen molar-refractivity contribution in [3.8, 4) is 0 Å². The highest BCUT2D eigenvalue weighted by Gasteiger charge is 2.24. The van der Waals surface area contributed by atoms with Crippen LogP contribution < -0.4 is 4.90 Å². The van der Waals surface area contributed by atoms with Gasteiger partial charge in [-0.15, -0.1) is 9.24 Å². The molecule has 0 aliphatic carbocycles. The molecule has 0 saturated carbocycles. The summed E-state index contributed by atoms with van der Waals surface area (Å²) in [5, 5.41) is 0. The Balaban J connectivity index is 2.02. The normalized spacial score (nSPS) is 16.1. The van der Waals surface area contributed by atoms with Crippen LogP contribution in [0.25, 0.3) is 0 Å². The summed E-state index contributed by atoms with van der Waals surface area (Å²) in [6.45, 7) is 10.6. The minimum atomic E-state index is 0.109. The predicted octanol–water partition coefficient (Wildman–Crippen LogP) is 3.17. The first-order valence-corrected chi connectivity index (χ1v) is 11.3. The monoisotopic (exact) mass is 405 g/mol. The van der Waals surface area contributed by atoms with Gasteiger partial charge in [-0.1, -0.05) is 39.3 Å². The lowest BCUT2D eigenvalue weighted by molar-refractivity contribution is -0.136. The van der Waals surface area contributed by atoms with Gasteiger partial charge in [-0.2, -0.15) is 0 Å². The van der Waals surface area contributed by atoms with E-state index in [0.717, 1.165) is 57.7 Å². The Bertz CT molecular complexity index is 672. The van der Waals surface area contributed by atoms with Crippen LogP contribution in [0.4, 0.5) is 5.69 Å². The number of piperazine rings is 1. The molecule has 0 radical (unpaired) electrons. The summed E-state index contributed by atoms with van der Waals surface area (Å²) in [5.41, 5.74) is 3.53. The first-order chi connectivity index (χ1) is 13.4. The molecule has 0 N–H and O–H groups in total. The molecule has 5 nitrogen and oxygen atoms in total. The molecule has 2 rings (SSSR count). The molecular formula is C22H36N3O2P. The lowest BCUT2D eigenvalue weighted by Gasteiger charge is -2.36. The van der Waals surface area contributed by atoms with Crippen molar-refractivity contribution < 1.29 is 9.59 Å². The molecule has 1 saturated heterocycles. The third kappa shape index (κ3) is 5.78. The highest BCUT2D eigenvalue weighted by atomic mass is 31.0. The summed E-state index contributed by atoms with van der Waals surface area (Å²) in [7, 11) is 4.36. The van der Waals surface area contributed by atoms with Gasteiger partial charge in [0.25, 0.3) is 0 Å². The summed E-state index contributed by atoms with van der Waals surface area (Å²) >= 11 is 0. The maximum absolute atomic E-state index is 12.4. The number of carbonyl (C=O) groups is 2. The number of carbonyl (C=O) groups excluding carboxylic acids is 2. The zero-order valence-electron chi connectivity index (χ0n) is 17.9. The third-order valence-electron chi connectivity index (χ3n) is 5.70. The van der Waals surface area contributed by atoms with E-state index in [-0.39, 0.29) is 11.8 Å². The Kier molecular flexibility index (Phi) is 8.91. The number of rotatable bonds is 8. The van der Waals surface area contributed by atoms with E-state index in [1.807, 2.05) is 18.9 Å². The van der Waals surface area contributed by atoms with Crippen molar-refractivity contribution in [1.82, 2.24) is 9.80 Å². The summed E-state index contributed by atoms with van der Waals surface area (Å²) in [6, 6.07) is 6.47. The number of aryl methyl sites for hydroxylation is 1. The molecule has 2 unspecified atom stereocenters. The van der Waals surface area contributed by atoms with E-state index in [0.29, 0.717) is 12.1 Å². The summed E-state index contributed by atoms with van der Waals surface area (Å²) in [5.74, 6) is 0.521. The van der Waals surface area contributed by atoms with E-state index in [4.69, 9.17) is 0 Å². The Morgan fingerprint density at radius 3 is 2.43 bits per heavy atom. The largest absolute Gasteiger partial charge is 0.340 e. The zero-order valence-corrected chi connectivity index (χ0v) is 19.1. The Labute approximate surface area is 172 Å². The third-order valence-corrected chi connectivity index (χ3v) is 6.05. The number of nitrogens with zero attached hydrogens (tertiary/aromatic N) is 3. The maximum atomic E-state index is 12.4. The number of anilines is 1. The van der Waals surface area contributed by atoms with Gasteiger partial charge in [0.15, 0.2) is 0 Å². The smallest absolute Gasteiger partial charge is 0.230 e. The van der Waals surface area contributed by atoms with Crippen LogP contribution in [-0.2, 0) is 22.6 Å². The zero-order chi connectivity index (χ0) is 20.7. The molecule has 156 valence electrons. The van der Waals surface area contributed by atoms with E-state index >= 15 is 0 Å². The van der Waals surface area contributed by atoms with Gasteiger partial charge >= 0.3 is 0 Å². The van der Waals surface area contributed by atoms with Gasteiger partial charge in [-0.25, -0.2) is 0 Å².